The van der Waals surface area contributed by atoms with Crippen LogP contribution in [0.5, 0.6) is 0 Å². The molecule has 1 saturated carbocycles. The largest absolute Gasteiger partial charge is 0.381 e. The molecule has 1 fully saturated rings. The van der Waals surface area contributed by atoms with Crippen LogP contribution in [0.15, 0.2) is 0 Å². The molecule has 0 spiro atoms. The van der Waals surface area contributed by atoms with Crippen LogP contribution >= 0.6 is 0 Å². The van der Waals surface area contributed by atoms with E-state index in [1.807, 2.05) is 4.68 Å². The molecule has 0 aromatic carbocycles. The summed E-state index contributed by atoms with van der Waals surface area (Å²) in [5, 5.41) is 7.94. The van der Waals surface area contributed by atoms with Crippen molar-refractivity contribution in [2.24, 2.45) is 0 Å². The van der Waals surface area contributed by atoms with E-state index in [0.717, 1.165) is 6.54 Å². The van der Waals surface area contributed by atoms with Gasteiger partial charge in [0.25, 0.3) is 0 Å². The highest BCUT2D eigenvalue weighted by Gasteiger charge is 2.23. The van der Waals surface area contributed by atoms with Crippen LogP contribution in [-0.4, -0.2) is 15.0 Å². The lowest BCUT2D eigenvalue weighted by atomic mass is 10.0. The molecule has 1 aromatic heterocycles. The van der Waals surface area contributed by atoms with Crippen molar-refractivity contribution in [3.63, 3.8) is 0 Å². The minimum Gasteiger partial charge on any atom is -0.381 e. The predicted octanol–water partition coefficient (Wildman–Crippen LogP) is 1.54. The summed E-state index contributed by atoms with van der Waals surface area (Å²) >= 11 is 0. The lowest BCUT2D eigenvalue weighted by molar-refractivity contribution is 0.556. The SMILES string of the molecule is CCn1nnc(N)c1C1CCCC1. The Kier molecular flexibility index (Phi) is 2.20. The summed E-state index contributed by atoms with van der Waals surface area (Å²) < 4.78 is 1.94. The fourth-order valence-corrected chi connectivity index (χ4v) is 2.19. The maximum absolute atomic E-state index is 5.80. The Morgan fingerprint density at radius 1 is 1.46 bits per heavy atom. The van der Waals surface area contributed by atoms with Gasteiger partial charge in [-0.05, 0) is 19.8 Å². The predicted molar refractivity (Wildman–Crippen MR) is 51.3 cm³/mol. The Morgan fingerprint density at radius 3 is 2.77 bits per heavy atom. The quantitative estimate of drug-likeness (QED) is 0.751. The zero-order valence-electron chi connectivity index (χ0n) is 8.03. The highest BCUT2D eigenvalue weighted by Crippen LogP contribution is 2.35. The molecule has 1 aliphatic rings. The Labute approximate surface area is 78.1 Å². The van der Waals surface area contributed by atoms with Crippen LogP contribution in [0.2, 0.25) is 0 Å². The molecular weight excluding hydrogens is 164 g/mol. The van der Waals surface area contributed by atoms with E-state index in [0.29, 0.717) is 11.7 Å². The fourth-order valence-electron chi connectivity index (χ4n) is 2.19. The van der Waals surface area contributed by atoms with Crippen LogP contribution in [0.4, 0.5) is 5.82 Å². The first-order valence-electron chi connectivity index (χ1n) is 5.01. The van der Waals surface area contributed by atoms with Crippen molar-refractivity contribution in [1.82, 2.24) is 15.0 Å². The van der Waals surface area contributed by atoms with E-state index in [1.54, 1.807) is 0 Å². The molecule has 1 heterocycles. The maximum Gasteiger partial charge on any atom is 0.169 e. The van der Waals surface area contributed by atoms with Crippen molar-refractivity contribution < 1.29 is 0 Å². The van der Waals surface area contributed by atoms with Gasteiger partial charge in [-0.1, -0.05) is 18.1 Å². The molecular formula is C9H16N4. The van der Waals surface area contributed by atoms with Gasteiger partial charge in [0.1, 0.15) is 0 Å². The molecule has 1 aliphatic carbocycles. The third-order valence-electron chi connectivity index (χ3n) is 2.84. The van der Waals surface area contributed by atoms with E-state index < -0.39 is 0 Å². The lowest BCUT2D eigenvalue weighted by Crippen LogP contribution is -2.07. The van der Waals surface area contributed by atoms with E-state index in [4.69, 9.17) is 5.73 Å². The van der Waals surface area contributed by atoms with Crippen LogP contribution in [0.3, 0.4) is 0 Å². The van der Waals surface area contributed by atoms with Gasteiger partial charge in [0.05, 0.1) is 5.69 Å². The minimum absolute atomic E-state index is 0.606. The second-order valence-electron chi connectivity index (χ2n) is 3.66. The Hall–Kier alpha value is -1.06. The second kappa shape index (κ2) is 3.36. The first-order valence-corrected chi connectivity index (χ1v) is 5.01. The number of nitrogen functional groups attached to an aromatic ring is 1. The fraction of sp³-hybridized carbons (Fsp3) is 0.778. The highest BCUT2D eigenvalue weighted by atomic mass is 15.4. The number of aromatic nitrogens is 3. The molecule has 2 rings (SSSR count). The van der Waals surface area contributed by atoms with Gasteiger partial charge in [-0.3, -0.25) is 0 Å². The van der Waals surface area contributed by atoms with Gasteiger partial charge < -0.3 is 5.73 Å². The van der Waals surface area contributed by atoms with Gasteiger partial charge in [0.2, 0.25) is 0 Å². The van der Waals surface area contributed by atoms with E-state index in [-0.39, 0.29) is 0 Å². The van der Waals surface area contributed by atoms with E-state index in [2.05, 4.69) is 17.2 Å². The molecule has 2 N–H and O–H groups in total. The van der Waals surface area contributed by atoms with Crippen LogP contribution in [-0.2, 0) is 6.54 Å². The Balaban J connectivity index is 2.30. The van der Waals surface area contributed by atoms with Crippen molar-refractivity contribution >= 4 is 5.82 Å². The number of hydrogen-bond donors (Lipinski definition) is 1. The minimum atomic E-state index is 0.606. The van der Waals surface area contributed by atoms with Gasteiger partial charge in [0.15, 0.2) is 5.82 Å². The molecule has 13 heavy (non-hydrogen) atoms. The summed E-state index contributed by atoms with van der Waals surface area (Å²) in [5.41, 5.74) is 6.97. The average molecular weight is 180 g/mol. The Morgan fingerprint density at radius 2 is 2.15 bits per heavy atom. The van der Waals surface area contributed by atoms with Crippen molar-refractivity contribution in [3.05, 3.63) is 5.69 Å². The first-order chi connectivity index (χ1) is 6.33. The second-order valence-corrected chi connectivity index (χ2v) is 3.66. The lowest BCUT2D eigenvalue weighted by Gasteiger charge is -2.10. The number of rotatable bonds is 2. The summed E-state index contributed by atoms with van der Waals surface area (Å²) in [6, 6.07) is 0. The van der Waals surface area contributed by atoms with Crippen LogP contribution in [0.1, 0.15) is 44.2 Å². The van der Waals surface area contributed by atoms with E-state index >= 15 is 0 Å². The number of aryl methyl sites for hydroxylation is 1. The zero-order valence-corrected chi connectivity index (χ0v) is 8.03. The maximum atomic E-state index is 5.80. The highest BCUT2D eigenvalue weighted by molar-refractivity contribution is 5.36. The normalized spacial score (nSPS) is 18.2. The van der Waals surface area contributed by atoms with Crippen molar-refractivity contribution in [1.29, 1.82) is 0 Å². The molecule has 0 amide bonds. The number of nitrogens with zero attached hydrogens (tertiary/aromatic N) is 3. The third kappa shape index (κ3) is 1.41. The molecule has 1 aromatic rings. The molecule has 0 aliphatic heterocycles. The monoisotopic (exact) mass is 180 g/mol. The molecule has 4 nitrogen and oxygen atoms in total. The molecule has 72 valence electrons. The van der Waals surface area contributed by atoms with Crippen molar-refractivity contribution in [3.8, 4) is 0 Å². The molecule has 0 unspecified atom stereocenters. The number of hydrogen-bond acceptors (Lipinski definition) is 3. The summed E-state index contributed by atoms with van der Waals surface area (Å²) in [7, 11) is 0. The Bertz CT molecular complexity index is 286. The van der Waals surface area contributed by atoms with Gasteiger partial charge in [-0.25, -0.2) is 4.68 Å². The van der Waals surface area contributed by atoms with Crippen molar-refractivity contribution in [2.45, 2.75) is 45.1 Å². The molecule has 0 radical (unpaired) electrons. The molecule has 0 saturated heterocycles. The smallest absolute Gasteiger partial charge is 0.169 e. The first kappa shape index (κ1) is 8.53. The van der Waals surface area contributed by atoms with Gasteiger partial charge in [-0.2, -0.15) is 0 Å². The number of anilines is 1. The molecule has 0 atom stereocenters. The average Bonchev–Trinajstić information content (AvgIpc) is 2.72. The van der Waals surface area contributed by atoms with Gasteiger partial charge in [0, 0.05) is 12.5 Å². The standard InChI is InChI=1S/C9H16N4/c1-2-13-8(9(10)11-12-13)7-5-3-4-6-7/h7H,2-6,10H2,1H3. The molecule has 4 heteroatoms. The number of nitrogens with two attached hydrogens (primary N) is 1. The van der Waals surface area contributed by atoms with Crippen LogP contribution in [0, 0.1) is 0 Å². The summed E-state index contributed by atoms with van der Waals surface area (Å²) in [6.45, 7) is 2.95. The molecule has 0 bridgehead atoms. The van der Waals surface area contributed by atoms with Crippen LogP contribution in [0.25, 0.3) is 0 Å². The topological polar surface area (TPSA) is 56.7 Å². The summed E-state index contributed by atoms with van der Waals surface area (Å²) in [6.07, 6.45) is 5.13. The van der Waals surface area contributed by atoms with Crippen molar-refractivity contribution in [2.75, 3.05) is 5.73 Å². The zero-order chi connectivity index (χ0) is 9.26. The summed E-state index contributed by atoms with van der Waals surface area (Å²) in [5.74, 6) is 1.24. The van der Waals surface area contributed by atoms with Gasteiger partial charge >= 0.3 is 0 Å². The van der Waals surface area contributed by atoms with Crippen LogP contribution < -0.4 is 5.73 Å². The van der Waals surface area contributed by atoms with E-state index in [9.17, 15) is 0 Å². The van der Waals surface area contributed by atoms with Gasteiger partial charge in [-0.15, -0.1) is 5.10 Å². The van der Waals surface area contributed by atoms with E-state index in [1.165, 1.54) is 31.4 Å². The third-order valence-corrected chi connectivity index (χ3v) is 2.84. The summed E-state index contributed by atoms with van der Waals surface area (Å²) in [4.78, 5) is 0.